The highest BCUT2D eigenvalue weighted by atomic mass is 32.1. The van der Waals surface area contributed by atoms with E-state index < -0.39 is 5.79 Å². The van der Waals surface area contributed by atoms with Crippen LogP contribution in [0.5, 0.6) is 0 Å². The Morgan fingerprint density at radius 1 is 1.17 bits per heavy atom. The lowest BCUT2D eigenvalue weighted by Gasteiger charge is -2.22. The van der Waals surface area contributed by atoms with Crippen molar-refractivity contribution in [2.75, 3.05) is 25.1 Å². The summed E-state index contributed by atoms with van der Waals surface area (Å²) in [6.45, 7) is 6.13. The van der Waals surface area contributed by atoms with Crippen LogP contribution >= 0.6 is 11.3 Å². The number of aromatic nitrogens is 2. The minimum Gasteiger partial charge on any atom is -0.369 e. The first kappa shape index (κ1) is 15.3. The lowest BCUT2D eigenvalue weighted by molar-refractivity contribution is -0.144. The summed E-state index contributed by atoms with van der Waals surface area (Å²) in [4.78, 5) is 12.0. The second kappa shape index (κ2) is 6.00. The standard InChI is InChI=1S/C17H23N3O2S/c1-11-19-15(18-8-7-17(2)21-9-10-22-17)14-12-5-3-4-6-13(12)23-16(14)20-11/h3-10H2,1-2H3,(H,18,19,20). The highest BCUT2D eigenvalue weighted by Gasteiger charge is 2.30. The van der Waals surface area contributed by atoms with Crippen molar-refractivity contribution in [3.05, 3.63) is 16.3 Å². The zero-order valence-corrected chi connectivity index (χ0v) is 14.6. The van der Waals surface area contributed by atoms with Gasteiger partial charge in [-0.1, -0.05) is 0 Å². The van der Waals surface area contributed by atoms with Crippen LogP contribution in [-0.4, -0.2) is 35.5 Å². The number of thiophene rings is 1. The van der Waals surface area contributed by atoms with Gasteiger partial charge < -0.3 is 14.8 Å². The van der Waals surface area contributed by atoms with Crippen molar-refractivity contribution in [2.45, 2.75) is 51.7 Å². The van der Waals surface area contributed by atoms with E-state index in [-0.39, 0.29) is 0 Å². The summed E-state index contributed by atoms with van der Waals surface area (Å²) >= 11 is 1.85. The molecule has 2 aliphatic rings. The summed E-state index contributed by atoms with van der Waals surface area (Å²) in [7, 11) is 0. The molecular formula is C17H23N3O2S. The Labute approximate surface area is 140 Å². The van der Waals surface area contributed by atoms with Crippen molar-refractivity contribution < 1.29 is 9.47 Å². The maximum absolute atomic E-state index is 5.67. The van der Waals surface area contributed by atoms with Crippen molar-refractivity contribution in [1.29, 1.82) is 0 Å². The zero-order valence-electron chi connectivity index (χ0n) is 13.8. The highest BCUT2D eigenvalue weighted by Crippen LogP contribution is 2.38. The van der Waals surface area contributed by atoms with Gasteiger partial charge in [0.15, 0.2) is 5.79 Å². The van der Waals surface area contributed by atoms with Crippen LogP contribution in [0.2, 0.25) is 0 Å². The summed E-state index contributed by atoms with van der Waals surface area (Å²) in [5.41, 5.74) is 1.47. The van der Waals surface area contributed by atoms with Crippen molar-refractivity contribution in [3.63, 3.8) is 0 Å². The smallest absolute Gasteiger partial charge is 0.167 e. The predicted octanol–water partition coefficient (Wildman–Crippen LogP) is 3.44. The molecule has 4 rings (SSSR count). The zero-order chi connectivity index (χ0) is 15.9. The highest BCUT2D eigenvalue weighted by molar-refractivity contribution is 7.19. The number of fused-ring (bicyclic) bond motifs is 3. The monoisotopic (exact) mass is 333 g/mol. The molecule has 124 valence electrons. The Balaban J connectivity index is 1.59. The van der Waals surface area contributed by atoms with Gasteiger partial charge in [0.1, 0.15) is 16.5 Å². The van der Waals surface area contributed by atoms with Gasteiger partial charge in [0.2, 0.25) is 0 Å². The fourth-order valence-electron chi connectivity index (χ4n) is 3.50. The molecule has 2 aromatic rings. The van der Waals surface area contributed by atoms with Crippen molar-refractivity contribution in [3.8, 4) is 0 Å². The van der Waals surface area contributed by atoms with Gasteiger partial charge in [-0.3, -0.25) is 0 Å². The van der Waals surface area contributed by atoms with Gasteiger partial charge in [0, 0.05) is 17.8 Å². The second-order valence-electron chi connectivity index (χ2n) is 6.52. The van der Waals surface area contributed by atoms with Gasteiger partial charge in [-0.25, -0.2) is 9.97 Å². The topological polar surface area (TPSA) is 56.3 Å². The number of nitrogens with one attached hydrogen (secondary N) is 1. The third-order valence-corrected chi connectivity index (χ3v) is 5.88. The largest absolute Gasteiger partial charge is 0.369 e. The van der Waals surface area contributed by atoms with Gasteiger partial charge in [-0.15, -0.1) is 11.3 Å². The summed E-state index contributed by atoms with van der Waals surface area (Å²) in [6, 6.07) is 0. The normalized spacial score (nSPS) is 19.9. The third kappa shape index (κ3) is 2.95. The van der Waals surface area contributed by atoms with Crippen molar-refractivity contribution >= 4 is 27.4 Å². The van der Waals surface area contributed by atoms with Crippen molar-refractivity contribution in [2.24, 2.45) is 0 Å². The first-order chi connectivity index (χ1) is 11.1. The molecule has 0 aromatic carbocycles. The number of nitrogens with zero attached hydrogens (tertiary/aromatic N) is 2. The summed E-state index contributed by atoms with van der Waals surface area (Å²) in [5.74, 6) is 1.36. The molecule has 23 heavy (non-hydrogen) atoms. The number of hydrogen-bond donors (Lipinski definition) is 1. The van der Waals surface area contributed by atoms with Gasteiger partial charge in [0.05, 0.1) is 18.6 Å². The molecule has 1 aliphatic carbocycles. The molecule has 1 N–H and O–H groups in total. The van der Waals surface area contributed by atoms with E-state index in [9.17, 15) is 0 Å². The lowest BCUT2D eigenvalue weighted by Crippen LogP contribution is -2.28. The SMILES string of the molecule is Cc1nc(NCCC2(C)OCCO2)c2c3c(sc2n1)CCCC3. The van der Waals surface area contributed by atoms with E-state index in [0.29, 0.717) is 13.2 Å². The molecular weight excluding hydrogens is 310 g/mol. The van der Waals surface area contributed by atoms with Crippen LogP contribution in [0.3, 0.4) is 0 Å². The number of hydrogen-bond acceptors (Lipinski definition) is 6. The minimum absolute atomic E-state index is 0.456. The Hall–Kier alpha value is -1.24. The molecule has 6 heteroatoms. The predicted molar refractivity (Wildman–Crippen MR) is 92.2 cm³/mol. The molecule has 0 unspecified atom stereocenters. The van der Waals surface area contributed by atoms with Crippen LogP contribution < -0.4 is 5.32 Å². The Morgan fingerprint density at radius 2 is 1.96 bits per heavy atom. The Kier molecular flexibility index (Phi) is 3.99. The first-order valence-corrected chi connectivity index (χ1v) is 9.27. The van der Waals surface area contributed by atoms with Crippen LogP contribution in [0, 0.1) is 6.92 Å². The first-order valence-electron chi connectivity index (χ1n) is 8.45. The number of ether oxygens (including phenoxy) is 2. The molecule has 0 radical (unpaired) electrons. The van der Waals surface area contributed by atoms with E-state index >= 15 is 0 Å². The quantitative estimate of drug-likeness (QED) is 0.929. The molecule has 0 bridgehead atoms. The maximum Gasteiger partial charge on any atom is 0.167 e. The van der Waals surface area contributed by atoms with Crippen LogP contribution in [0.4, 0.5) is 5.82 Å². The van der Waals surface area contributed by atoms with Crippen LogP contribution in [0.15, 0.2) is 0 Å². The molecule has 5 nitrogen and oxygen atoms in total. The van der Waals surface area contributed by atoms with Gasteiger partial charge >= 0.3 is 0 Å². The molecule has 3 heterocycles. The Bertz CT molecular complexity index is 722. The lowest BCUT2D eigenvalue weighted by atomic mass is 9.97. The molecule has 2 aromatic heterocycles. The summed E-state index contributed by atoms with van der Waals surface area (Å²) in [6.07, 6.45) is 5.72. The molecule has 0 amide bonds. The number of anilines is 1. The number of aryl methyl sites for hydroxylation is 3. The fourth-order valence-corrected chi connectivity index (χ4v) is 4.81. The third-order valence-electron chi connectivity index (χ3n) is 4.70. The van der Waals surface area contributed by atoms with Crippen LogP contribution in [-0.2, 0) is 22.3 Å². The molecule has 1 saturated heterocycles. The van der Waals surface area contributed by atoms with Crippen LogP contribution in [0.25, 0.3) is 10.2 Å². The molecule has 0 atom stereocenters. The van der Waals surface area contributed by atoms with Gasteiger partial charge in [0.25, 0.3) is 0 Å². The Morgan fingerprint density at radius 3 is 2.78 bits per heavy atom. The van der Waals surface area contributed by atoms with Gasteiger partial charge in [-0.2, -0.15) is 0 Å². The fraction of sp³-hybridized carbons (Fsp3) is 0.647. The van der Waals surface area contributed by atoms with E-state index in [4.69, 9.17) is 9.47 Å². The molecule has 1 fully saturated rings. The van der Waals surface area contributed by atoms with E-state index in [1.807, 2.05) is 25.2 Å². The van der Waals surface area contributed by atoms with E-state index in [1.54, 1.807) is 0 Å². The maximum atomic E-state index is 5.67. The van der Waals surface area contributed by atoms with Gasteiger partial charge in [-0.05, 0) is 45.1 Å². The van der Waals surface area contributed by atoms with Crippen molar-refractivity contribution in [1.82, 2.24) is 9.97 Å². The molecule has 0 saturated carbocycles. The van der Waals surface area contributed by atoms with E-state index in [1.165, 1.54) is 35.1 Å². The molecule has 0 spiro atoms. The summed E-state index contributed by atoms with van der Waals surface area (Å²) < 4.78 is 11.3. The number of rotatable bonds is 4. The second-order valence-corrected chi connectivity index (χ2v) is 7.60. The van der Waals surface area contributed by atoms with Crippen LogP contribution in [0.1, 0.15) is 42.5 Å². The molecule has 1 aliphatic heterocycles. The average Bonchev–Trinajstić information content (AvgIpc) is 3.10. The summed E-state index contributed by atoms with van der Waals surface area (Å²) in [5, 5.41) is 4.76. The van der Waals surface area contributed by atoms with E-state index in [2.05, 4.69) is 15.3 Å². The minimum atomic E-state index is -0.456. The average molecular weight is 333 g/mol. The van der Waals surface area contributed by atoms with E-state index in [0.717, 1.165) is 35.9 Å².